The third-order valence-electron chi connectivity index (χ3n) is 4.95. The number of β-amino-alcohol motifs (C(OH)–C–C–N with tert-alkyl or cyclic N) is 1. The molecule has 0 aliphatic carbocycles. The number of rotatable bonds is 3. The second kappa shape index (κ2) is 6.21. The molecule has 26 heavy (non-hydrogen) atoms. The Balaban J connectivity index is 1.54. The first-order chi connectivity index (χ1) is 12.4. The van der Waals surface area contributed by atoms with Crippen LogP contribution in [0.4, 0.5) is 4.39 Å². The van der Waals surface area contributed by atoms with E-state index >= 15 is 0 Å². The molecule has 4 rings (SSSR count). The van der Waals surface area contributed by atoms with Crippen LogP contribution in [0.25, 0.3) is 10.9 Å². The van der Waals surface area contributed by atoms with Crippen molar-refractivity contribution in [2.75, 3.05) is 13.1 Å². The van der Waals surface area contributed by atoms with Gasteiger partial charge in [0.05, 0.1) is 12.1 Å². The summed E-state index contributed by atoms with van der Waals surface area (Å²) in [5.74, 6) is 0.145. The van der Waals surface area contributed by atoms with Crippen LogP contribution in [0.1, 0.15) is 29.2 Å². The fraction of sp³-hybridized carbons (Fsp3) is 0.389. The van der Waals surface area contributed by atoms with Gasteiger partial charge < -0.3 is 19.6 Å². The van der Waals surface area contributed by atoms with Gasteiger partial charge in [0.25, 0.3) is 5.91 Å². The van der Waals surface area contributed by atoms with Crippen LogP contribution in [0, 0.1) is 5.82 Å². The predicted molar refractivity (Wildman–Crippen MR) is 93.1 cm³/mol. The molecule has 1 atom stereocenters. The van der Waals surface area contributed by atoms with Crippen molar-refractivity contribution in [1.29, 1.82) is 0 Å². The Bertz CT molecular complexity index is 966. The van der Waals surface area contributed by atoms with Crippen LogP contribution in [0.15, 0.2) is 30.6 Å². The Labute approximate surface area is 149 Å². The number of piperidine rings is 1. The van der Waals surface area contributed by atoms with Gasteiger partial charge in [-0.3, -0.25) is 4.79 Å². The number of halogens is 1. The predicted octanol–water partition coefficient (Wildman–Crippen LogP) is 1.65. The molecular weight excluding hydrogens is 337 g/mol. The lowest BCUT2D eigenvalue weighted by Gasteiger charge is -2.38. The van der Waals surface area contributed by atoms with Crippen molar-refractivity contribution in [2.24, 2.45) is 7.05 Å². The largest absolute Gasteiger partial charge is 0.388 e. The van der Waals surface area contributed by atoms with Gasteiger partial charge in [-0.1, -0.05) is 0 Å². The topological polar surface area (TPSA) is 87.0 Å². The summed E-state index contributed by atoms with van der Waals surface area (Å²) >= 11 is 0. The fourth-order valence-electron chi connectivity index (χ4n) is 3.58. The van der Waals surface area contributed by atoms with E-state index in [2.05, 4.69) is 15.2 Å². The number of likely N-dealkylation sites (tertiary alicyclic amines) is 1. The van der Waals surface area contributed by atoms with Crippen molar-refractivity contribution in [1.82, 2.24) is 24.6 Å². The number of benzene rings is 1. The molecular formula is C18H20FN5O2. The molecule has 3 heterocycles. The number of fused-ring (bicyclic) bond motifs is 1. The van der Waals surface area contributed by atoms with E-state index in [9.17, 15) is 14.3 Å². The number of hydrogen-bond acceptors (Lipinski definition) is 4. The Morgan fingerprint density at radius 2 is 2.27 bits per heavy atom. The lowest BCUT2D eigenvalue weighted by atomic mass is 9.89. The van der Waals surface area contributed by atoms with E-state index in [-0.39, 0.29) is 18.3 Å². The minimum absolute atomic E-state index is 0.197. The number of carbonyl (C=O) groups excluding carboxylic acids is 1. The van der Waals surface area contributed by atoms with Crippen LogP contribution in [0.3, 0.4) is 0 Å². The second-order valence-electron chi connectivity index (χ2n) is 7.00. The average molecular weight is 357 g/mol. The van der Waals surface area contributed by atoms with Crippen molar-refractivity contribution >= 4 is 16.8 Å². The number of aromatic amines is 1. The van der Waals surface area contributed by atoms with Gasteiger partial charge in [0.15, 0.2) is 0 Å². The highest BCUT2D eigenvalue weighted by atomic mass is 19.1. The summed E-state index contributed by atoms with van der Waals surface area (Å²) in [5.41, 5.74) is 0.0712. The molecule has 1 aliphatic heterocycles. The molecule has 1 unspecified atom stereocenters. The highest BCUT2D eigenvalue weighted by Crippen LogP contribution is 2.26. The molecule has 0 saturated carbocycles. The number of aromatic nitrogens is 4. The first kappa shape index (κ1) is 16.7. The van der Waals surface area contributed by atoms with Crippen LogP contribution in [-0.2, 0) is 13.5 Å². The minimum atomic E-state index is -1.03. The molecule has 0 spiro atoms. The van der Waals surface area contributed by atoms with E-state index in [0.29, 0.717) is 48.2 Å². The molecule has 1 amide bonds. The van der Waals surface area contributed by atoms with Gasteiger partial charge >= 0.3 is 0 Å². The smallest absolute Gasteiger partial charge is 0.270 e. The van der Waals surface area contributed by atoms with E-state index in [0.717, 1.165) is 0 Å². The monoisotopic (exact) mass is 357 g/mol. The SMILES string of the molecule is Cn1cnnc1CC1(O)CCCN(C(=O)c2cc3cc(F)ccc3[nH]2)C1. The molecule has 2 N–H and O–H groups in total. The summed E-state index contributed by atoms with van der Waals surface area (Å²) in [5, 5.41) is 19.5. The van der Waals surface area contributed by atoms with Gasteiger partial charge in [0, 0.05) is 30.9 Å². The summed E-state index contributed by atoms with van der Waals surface area (Å²) in [6.45, 7) is 0.798. The van der Waals surface area contributed by atoms with Gasteiger partial charge in [-0.15, -0.1) is 10.2 Å². The average Bonchev–Trinajstić information content (AvgIpc) is 3.20. The second-order valence-corrected chi connectivity index (χ2v) is 7.00. The number of amides is 1. The maximum Gasteiger partial charge on any atom is 0.270 e. The van der Waals surface area contributed by atoms with Gasteiger partial charge in [-0.05, 0) is 37.1 Å². The summed E-state index contributed by atoms with van der Waals surface area (Å²) in [7, 11) is 1.83. The molecule has 0 bridgehead atoms. The molecule has 0 radical (unpaired) electrons. The zero-order chi connectivity index (χ0) is 18.3. The van der Waals surface area contributed by atoms with Crippen molar-refractivity contribution in [3.8, 4) is 0 Å². The highest BCUT2D eigenvalue weighted by molar-refractivity contribution is 5.98. The van der Waals surface area contributed by atoms with Crippen molar-refractivity contribution in [3.05, 3.63) is 47.9 Å². The Morgan fingerprint density at radius 1 is 1.42 bits per heavy atom. The number of nitrogens with zero attached hydrogens (tertiary/aromatic N) is 4. The van der Waals surface area contributed by atoms with Gasteiger partial charge in [-0.25, -0.2) is 4.39 Å². The number of aliphatic hydroxyl groups is 1. The van der Waals surface area contributed by atoms with Crippen LogP contribution in [0.2, 0.25) is 0 Å². The Morgan fingerprint density at radius 3 is 3.04 bits per heavy atom. The molecule has 8 heteroatoms. The standard InChI is InChI=1S/C18H20FN5O2/c1-23-11-20-22-16(23)9-18(26)5-2-6-24(10-18)17(25)15-8-12-7-13(19)3-4-14(12)21-15/h3-4,7-8,11,21,26H,2,5-6,9-10H2,1H3. The lowest BCUT2D eigenvalue weighted by Crippen LogP contribution is -2.51. The van der Waals surface area contributed by atoms with Crippen molar-refractivity contribution in [3.63, 3.8) is 0 Å². The van der Waals surface area contributed by atoms with Gasteiger partial charge in [-0.2, -0.15) is 0 Å². The van der Waals surface area contributed by atoms with Crippen LogP contribution in [0.5, 0.6) is 0 Å². The maximum absolute atomic E-state index is 13.4. The molecule has 2 aromatic heterocycles. The Kier molecular flexibility index (Phi) is 3.99. The first-order valence-corrected chi connectivity index (χ1v) is 8.56. The molecule has 7 nitrogen and oxygen atoms in total. The van der Waals surface area contributed by atoms with Crippen LogP contribution < -0.4 is 0 Å². The van der Waals surface area contributed by atoms with Crippen molar-refractivity contribution < 1.29 is 14.3 Å². The quantitative estimate of drug-likeness (QED) is 0.746. The van der Waals surface area contributed by atoms with Gasteiger partial charge in [0.2, 0.25) is 0 Å². The van der Waals surface area contributed by atoms with E-state index in [4.69, 9.17) is 0 Å². The van der Waals surface area contributed by atoms with E-state index < -0.39 is 5.60 Å². The zero-order valence-corrected chi connectivity index (χ0v) is 14.4. The lowest BCUT2D eigenvalue weighted by molar-refractivity contribution is -0.0259. The third kappa shape index (κ3) is 3.08. The molecule has 1 saturated heterocycles. The van der Waals surface area contributed by atoms with E-state index in [1.54, 1.807) is 27.9 Å². The number of hydrogen-bond donors (Lipinski definition) is 2. The molecule has 3 aromatic rings. The summed E-state index contributed by atoms with van der Waals surface area (Å²) in [4.78, 5) is 17.5. The van der Waals surface area contributed by atoms with Crippen molar-refractivity contribution in [2.45, 2.75) is 24.9 Å². The highest BCUT2D eigenvalue weighted by Gasteiger charge is 2.37. The van der Waals surface area contributed by atoms with Crippen LogP contribution >= 0.6 is 0 Å². The minimum Gasteiger partial charge on any atom is -0.388 e. The zero-order valence-electron chi connectivity index (χ0n) is 14.4. The number of H-pyrrole nitrogens is 1. The van der Waals surface area contributed by atoms with Gasteiger partial charge in [0.1, 0.15) is 23.7 Å². The summed E-state index contributed by atoms with van der Waals surface area (Å²) < 4.78 is 15.1. The van der Waals surface area contributed by atoms with E-state index in [1.807, 2.05) is 7.05 Å². The summed E-state index contributed by atoms with van der Waals surface area (Å²) in [6.07, 6.45) is 3.23. The molecule has 136 valence electrons. The number of nitrogens with one attached hydrogen (secondary N) is 1. The first-order valence-electron chi connectivity index (χ1n) is 8.56. The maximum atomic E-state index is 13.4. The normalized spacial score (nSPS) is 20.7. The third-order valence-corrected chi connectivity index (χ3v) is 4.95. The molecule has 1 aromatic carbocycles. The van der Waals surface area contributed by atoms with E-state index in [1.165, 1.54) is 12.1 Å². The molecule has 1 fully saturated rings. The summed E-state index contributed by atoms with van der Waals surface area (Å²) in [6, 6.07) is 6.01. The van der Waals surface area contributed by atoms with Crippen LogP contribution in [-0.4, -0.2) is 54.4 Å². The number of aryl methyl sites for hydroxylation is 1. The number of carbonyl (C=O) groups is 1. The fourth-order valence-corrected chi connectivity index (χ4v) is 3.58. The Hall–Kier alpha value is -2.74. The molecule has 1 aliphatic rings.